The summed E-state index contributed by atoms with van der Waals surface area (Å²) in [5, 5.41) is 17.5. The summed E-state index contributed by atoms with van der Waals surface area (Å²) in [6.45, 7) is 2.10. The molecule has 0 bridgehead atoms. The first-order valence-electron chi connectivity index (χ1n) is 4.58. The van der Waals surface area contributed by atoms with Crippen LogP contribution in [0.4, 0.5) is 0 Å². The molecule has 2 heteroatoms. The van der Waals surface area contributed by atoms with Crippen LogP contribution < -0.4 is 0 Å². The second kappa shape index (κ2) is 5.43. The summed E-state index contributed by atoms with van der Waals surface area (Å²) < 4.78 is 0. The molecule has 0 saturated heterocycles. The Morgan fingerprint density at radius 1 is 1.29 bits per heavy atom. The van der Waals surface area contributed by atoms with Gasteiger partial charge < -0.3 is 10.2 Å². The number of rotatable bonds is 2. The van der Waals surface area contributed by atoms with Crippen molar-refractivity contribution in [1.29, 1.82) is 0 Å². The zero-order valence-electron chi connectivity index (χ0n) is 8.25. The van der Waals surface area contributed by atoms with E-state index in [9.17, 15) is 0 Å². The highest BCUT2D eigenvalue weighted by Crippen LogP contribution is 2.09. The maximum Gasteiger partial charge on any atom is 0.0682 e. The number of benzene rings is 1. The molecule has 2 nitrogen and oxygen atoms in total. The topological polar surface area (TPSA) is 40.5 Å². The van der Waals surface area contributed by atoms with Gasteiger partial charge in [0.15, 0.2) is 0 Å². The lowest BCUT2D eigenvalue weighted by Crippen LogP contribution is -1.88. The van der Waals surface area contributed by atoms with Crippen molar-refractivity contribution >= 4 is 0 Å². The zero-order chi connectivity index (χ0) is 10.4. The summed E-state index contributed by atoms with van der Waals surface area (Å²) in [7, 11) is 0. The summed E-state index contributed by atoms with van der Waals surface area (Å²) in [6, 6.07) is 5.70. The van der Waals surface area contributed by atoms with Gasteiger partial charge in [0.05, 0.1) is 13.2 Å². The first kappa shape index (κ1) is 10.8. The maximum atomic E-state index is 8.94. The van der Waals surface area contributed by atoms with E-state index < -0.39 is 0 Å². The van der Waals surface area contributed by atoms with Crippen LogP contribution in [0.5, 0.6) is 0 Å². The van der Waals surface area contributed by atoms with Crippen molar-refractivity contribution in [2.24, 2.45) is 0 Å². The lowest BCUT2D eigenvalue weighted by atomic mass is 10.1. The molecule has 1 rings (SSSR count). The lowest BCUT2D eigenvalue weighted by molar-refractivity contribution is 0.282. The van der Waals surface area contributed by atoms with E-state index in [0.717, 1.165) is 16.7 Å². The van der Waals surface area contributed by atoms with Gasteiger partial charge in [-0.1, -0.05) is 24.0 Å². The third-order valence-electron chi connectivity index (χ3n) is 1.94. The molecule has 0 aromatic heterocycles. The predicted molar refractivity (Wildman–Crippen MR) is 55.7 cm³/mol. The third kappa shape index (κ3) is 2.88. The molecule has 14 heavy (non-hydrogen) atoms. The van der Waals surface area contributed by atoms with E-state index in [1.807, 2.05) is 25.1 Å². The molecule has 0 aliphatic carbocycles. The molecule has 0 aliphatic rings. The molecule has 0 amide bonds. The minimum absolute atomic E-state index is 0.0367. The Labute approximate surface area is 84.2 Å². The molecular formula is C12H14O2. The molecule has 0 saturated carbocycles. The molecule has 74 valence electrons. The predicted octanol–water partition coefficient (Wildman–Crippen LogP) is 1.22. The summed E-state index contributed by atoms with van der Waals surface area (Å²) in [6.07, 6.45) is 0.489. The van der Waals surface area contributed by atoms with E-state index in [2.05, 4.69) is 11.8 Å². The fraction of sp³-hybridized carbons (Fsp3) is 0.333. The fourth-order valence-electron chi connectivity index (χ4n) is 1.12. The molecule has 1 aromatic carbocycles. The van der Waals surface area contributed by atoms with Gasteiger partial charge in [-0.2, -0.15) is 0 Å². The van der Waals surface area contributed by atoms with E-state index in [1.165, 1.54) is 0 Å². The normalized spacial score (nSPS) is 9.36. The van der Waals surface area contributed by atoms with Crippen molar-refractivity contribution in [3.63, 3.8) is 0 Å². The molecule has 2 N–H and O–H groups in total. The van der Waals surface area contributed by atoms with Crippen LogP contribution >= 0.6 is 0 Å². The number of hydrogen-bond donors (Lipinski definition) is 2. The van der Waals surface area contributed by atoms with Crippen molar-refractivity contribution in [3.05, 3.63) is 34.9 Å². The van der Waals surface area contributed by atoms with E-state index >= 15 is 0 Å². The minimum atomic E-state index is 0.0367. The molecule has 0 aliphatic heterocycles. The van der Waals surface area contributed by atoms with Crippen LogP contribution in [-0.2, 0) is 6.61 Å². The van der Waals surface area contributed by atoms with Gasteiger partial charge >= 0.3 is 0 Å². The van der Waals surface area contributed by atoms with Crippen molar-refractivity contribution in [2.45, 2.75) is 20.0 Å². The standard InChI is InChI=1S/C12H14O2/c1-10-5-6-11(9-14)8-12(10)4-2-3-7-13/h5-6,8,13-14H,3,7,9H2,1H3. The molecule has 0 radical (unpaired) electrons. The quantitative estimate of drug-likeness (QED) is 0.688. The van der Waals surface area contributed by atoms with Gasteiger partial charge in [-0.05, 0) is 24.1 Å². The highest BCUT2D eigenvalue weighted by molar-refractivity contribution is 5.43. The molecule has 0 atom stereocenters. The molecule has 0 unspecified atom stereocenters. The lowest BCUT2D eigenvalue weighted by Gasteiger charge is -2.00. The number of aliphatic hydroxyl groups is 2. The smallest absolute Gasteiger partial charge is 0.0682 e. The Bertz CT molecular complexity index is 358. The monoisotopic (exact) mass is 190 g/mol. The van der Waals surface area contributed by atoms with E-state index in [0.29, 0.717) is 6.42 Å². The first-order valence-corrected chi connectivity index (χ1v) is 4.58. The third-order valence-corrected chi connectivity index (χ3v) is 1.94. The van der Waals surface area contributed by atoms with Gasteiger partial charge in [0.25, 0.3) is 0 Å². The highest BCUT2D eigenvalue weighted by Gasteiger charge is 1.96. The molecule has 0 fully saturated rings. The van der Waals surface area contributed by atoms with Crippen molar-refractivity contribution in [3.8, 4) is 11.8 Å². The summed E-state index contributed by atoms with van der Waals surface area (Å²) in [5.74, 6) is 5.83. The summed E-state index contributed by atoms with van der Waals surface area (Å²) in [5.41, 5.74) is 2.88. The number of aryl methyl sites for hydroxylation is 1. The van der Waals surface area contributed by atoms with E-state index in [1.54, 1.807) is 0 Å². The average Bonchev–Trinajstić information content (AvgIpc) is 2.21. The van der Waals surface area contributed by atoms with Crippen LogP contribution in [0.2, 0.25) is 0 Å². The Balaban J connectivity index is 2.91. The van der Waals surface area contributed by atoms with Gasteiger partial charge in [0, 0.05) is 12.0 Å². The average molecular weight is 190 g/mol. The van der Waals surface area contributed by atoms with Crippen LogP contribution in [0.3, 0.4) is 0 Å². The Hall–Kier alpha value is -1.30. The Morgan fingerprint density at radius 3 is 2.71 bits per heavy atom. The van der Waals surface area contributed by atoms with Gasteiger partial charge in [-0.3, -0.25) is 0 Å². The van der Waals surface area contributed by atoms with E-state index in [-0.39, 0.29) is 13.2 Å². The minimum Gasteiger partial charge on any atom is -0.395 e. The SMILES string of the molecule is Cc1ccc(CO)cc1C#CCCO. The fourth-order valence-corrected chi connectivity index (χ4v) is 1.12. The number of aliphatic hydroxyl groups excluding tert-OH is 2. The van der Waals surface area contributed by atoms with Crippen molar-refractivity contribution in [2.75, 3.05) is 6.61 Å². The Kier molecular flexibility index (Phi) is 4.18. The molecular weight excluding hydrogens is 176 g/mol. The van der Waals surface area contributed by atoms with Crippen molar-refractivity contribution < 1.29 is 10.2 Å². The van der Waals surface area contributed by atoms with Crippen LogP contribution in [0.1, 0.15) is 23.1 Å². The molecule has 0 spiro atoms. The van der Waals surface area contributed by atoms with Crippen LogP contribution in [0.25, 0.3) is 0 Å². The second-order valence-corrected chi connectivity index (χ2v) is 3.08. The highest BCUT2D eigenvalue weighted by atomic mass is 16.3. The summed E-state index contributed by atoms with van der Waals surface area (Å²) >= 11 is 0. The first-order chi connectivity index (χ1) is 6.77. The van der Waals surface area contributed by atoms with Gasteiger partial charge in [0.2, 0.25) is 0 Å². The van der Waals surface area contributed by atoms with Crippen LogP contribution in [-0.4, -0.2) is 16.8 Å². The van der Waals surface area contributed by atoms with Crippen LogP contribution in [0, 0.1) is 18.8 Å². The van der Waals surface area contributed by atoms with Crippen molar-refractivity contribution in [1.82, 2.24) is 0 Å². The van der Waals surface area contributed by atoms with E-state index in [4.69, 9.17) is 10.2 Å². The zero-order valence-corrected chi connectivity index (χ0v) is 8.25. The molecule has 1 aromatic rings. The van der Waals surface area contributed by atoms with Crippen LogP contribution in [0.15, 0.2) is 18.2 Å². The maximum absolute atomic E-state index is 8.94. The Morgan fingerprint density at radius 2 is 2.07 bits per heavy atom. The second-order valence-electron chi connectivity index (χ2n) is 3.08. The van der Waals surface area contributed by atoms with Gasteiger partial charge in [0.1, 0.15) is 0 Å². The van der Waals surface area contributed by atoms with Gasteiger partial charge in [-0.25, -0.2) is 0 Å². The largest absolute Gasteiger partial charge is 0.395 e. The van der Waals surface area contributed by atoms with Gasteiger partial charge in [-0.15, -0.1) is 0 Å². The molecule has 0 heterocycles. The summed E-state index contributed by atoms with van der Waals surface area (Å²) in [4.78, 5) is 0. The number of hydrogen-bond acceptors (Lipinski definition) is 2.